The molecule has 1 aliphatic carbocycles. The van der Waals surface area contributed by atoms with Gasteiger partial charge in [-0.05, 0) is 47.2 Å². The molecule has 3 fully saturated rings. The second kappa shape index (κ2) is 11.1. The second-order valence-corrected chi connectivity index (χ2v) is 9.91. The van der Waals surface area contributed by atoms with Gasteiger partial charge in [0, 0.05) is 18.1 Å². The first kappa shape index (κ1) is 27.1. The molecule has 0 spiro atoms. The highest BCUT2D eigenvalue weighted by Gasteiger charge is 2.50. The zero-order valence-corrected chi connectivity index (χ0v) is 20.0. The summed E-state index contributed by atoms with van der Waals surface area (Å²) < 4.78 is 23.7. The molecule has 3 aliphatic rings. The average molecular weight is 478 g/mol. The molecule has 0 aromatic rings. The standard InChI is InChI=1S/C21H43N5O7/c1-9(25-3)13-6-5-10(22)19(31-13)32-16-11(23)7-12(24)17(14(16)27)33-20-15(28)18(26-4)21(2,29)8-30-20/h9-20,25-29H,5-8,22-24H2,1-4H3/t9-,10-,11+,12-,13+,14+,15-,16+,17+,18-,19-,20+,21+/m1/s1. The van der Waals surface area contributed by atoms with Crippen LogP contribution in [0.5, 0.6) is 0 Å². The van der Waals surface area contributed by atoms with E-state index in [1.165, 1.54) is 0 Å². The molecule has 33 heavy (non-hydrogen) atoms. The molecular weight excluding hydrogens is 434 g/mol. The summed E-state index contributed by atoms with van der Waals surface area (Å²) in [6.45, 7) is 3.52. The van der Waals surface area contributed by atoms with Gasteiger partial charge in [-0.25, -0.2) is 0 Å². The molecule has 0 aromatic heterocycles. The number of hydrogen-bond donors (Lipinski definition) is 8. The van der Waals surface area contributed by atoms with Crippen LogP contribution in [-0.2, 0) is 18.9 Å². The smallest absolute Gasteiger partial charge is 0.185 e. The largest absolute Gasteiger partial charge is 0.388 e. The van der Waals surface area contributed by atoms with Crippen molar-refractivity contribution >= 4 is 0 Å². The third-order valence-electron chi connectivity index (χ3n) is 7.24. The molecule has 13 atom stereocenters. The van der Waals surface area contributed by atoms with Crippen molar-refractivity contribution < 1.29 is 34.3 Å². The predicted octanol–water partition coefficient (Wildman–Crippen LogP) is -3.33. The van der Waals surface area contributed by atoms with Crippen LogP contribution >= 0.6 is 0 Å². The summed E-state index contributed by atoms with van der Waals surface area (Å²) in [5, 5.41) is 38.3. The number of likely N-dealkylation sites (N-methyl/N-ethyl adjacent to an activating group) is 2. The third-order valence-corrected chi connectivity index (χ3v) is 7.24. The van der Waals surface area contributed by atoms with E-state index < -0.39 is 60.7 Å². The Morgan fingerprint density at radius 1 is 0.970 bits per heavy atom. The molecule has 11 N–H and O–H groups in total. The summed E-state index contributed by atoms with van der Waals surface area (Å²) in [6.07, 6.45) is -4.22. The Hall–Kier alpha value is -0.480. The van der Waals surface area contributed by atoms with Gasteiger partial charge in [0.15, 0.2) is 12.6 Å². The summed E-state index contributed by atoms with van der Waals surface area (Å²) >= 11 is 0. The monoisotopic (exact) mass is 477 g/mol. The van der Waals surface area contributed by atoms with E-state index in [2.05, 4.69) is 10.6 Å². The van der Waals surface area contributed by atoms with Crippen LogP contribution < -0.4 is 27.8 Å². The van der Waals surface area contributed by atoms with Gasteiger partial charge in [0.05, 0.1) is 24.8 Å². The van der Waals surface area contributed by atoms with E-state index in [1.807, 2.05) is 14.0 Å². The van der Waals surface area contributed by atoms with Crippen LogP contribution in [0.25, 0.3) is 0 Å². The molecule has 12 heteroatoms. The van der Waals surface area contributed by atoms with Gasteiger partial charge < -0.3 is 62.1 Å². The van der Waals surface area contributed by atoms with Gasteiger partial charge in [0.2, 0.25) is 0 Å². The van der Waals surface area contributed by atoms with E-state index in [-0.39, 0.29) is 24.8 Å². The van der Waals surface area contributed by atoms with Crippen LogP contribution in [0, 0.1) is 0 Å². The van der Waals surface area contributed by atoms with Crippen LogP contribution in [0.15, 0.2) is 0 Å². The maximum Gasteiger partial charge on any atom is 0.185 e. The highest BCUT2D eigenvalue weighted by Crippen LogP contribution is 2.31. The minimum atomic E-state index is -1.29. The minimum absolute atomic E-state index is 0.0620. The fraction of sp³-hybridized carbons (Fsp3) is 1.00. The fourth-order valence-electron chi connectivity index (χ4n) is 5.04. The van der Waals surface area contributed by atoms with E-state index >= 15 is 0 Å². The van der Waals surface area contributed by atoms with Crippen molar-refractivity contribution in [2.24, 2.45) is 17.2 Å². The lowest BCUT2D eigenvalue weighted by atomic mass is 9.84. The van der Waals surface area contributed by atoms with Crippen LogP contribution in [0.4, 0.5) is 0 Å². The van der Waals surface area contributed by atoms with E-state index in [4.69, 9.17) is 36.1 Å². The molecule has 3 rings (SSSR count). The van der Waals surface area contributed by atoms with Crippen molar-refractivity contribution in [1.29, 1.82) is 0 Å². The van der Waals surface area contributed by atoms with E-state index in [0.29, 0.717) is 12.8 Å². The average Bonchev–Trinajstić information content (AvgIpc) is 2.76. The van der Waals surface area contributed by atoms with Gasteiger partial charge in [-0.1, -0.05) is 0 Å². The summed E-state index contributed by atoms with van der Waals surface area (Å²) in [5.74, 6) is 0. The van der Waals surface area contributed by atoms with Crippen molar-refractivity contribution in [3.05, 3.63) is 0 Å². The van der Waals surface area contributed by atoms with Crippen molar-refractivity contribution in [2.75, 3.05) is 20.7 Å². The third kappa shape index (κ3) is 5.85. The first-order valence-electron chi connectivity index (χ1n) is 11.8. The lowest BCUT2D eigenvalue weighted by molar-refractivity contribution is -0.307. The Bertz CT molecular complexity index is 632. The lowest BCUT2D eigenvalue weighted by Crippen LogP contribution is -2.68. The van der Waals surface area contributed by atoms with Gasteiger partial charge in [0.25, 0.3) is 0 Å². The molecule has 0 aromatic carbocycles. The molecule has 12 nitrogen and oxygen atoms in total. The zero-order chi connectivity index (χ0) is 24.5. The Kier molecular flexibility index (Phi) is 9.09. The number of hydrogen-bond acceptors (Lipinski definition) is 12. The van der Waals surface area contributed by atoms with E-state index in [9.17, 15) is 15.3 Å². The number of aliphatic hydroxyl groups is 3. The number of nitrogens with one attached hydrogen (secondary N) is 2. The summed E-state index contributed by atoms with van der Waals surface area (Å²) in [4.78, 5) is 0. The van der Waals surface area contributed by atoms with Crippen molar-refractivity contribution in [2.45, 2.75) is 112 Å². The van der Waals surface area contributed by atoms with Crippen molar-refractivity contribution in [1.82, 2.24) is 10.6 Å². The van der Waals surface area contributed by atoms with Gasteiger partial charge in [-0.15, -0.1) is 0 Å². The first-order chi connectivity index (χ1) is 15.5. The summed E-state index contributed by atoms with van der Waals surface area (Å²) in [7, 11) is 3.49. The molecule has 0 bridgehead atoms. The first-order valence-corrected chi connectivity index (χ1v) is 11.8. The molecule has 1 saturated carbocycles. The quantitative estimate of drug-likeness (QED) is 0.182. The number of ether oxygens (including phenoxy) is 4. The SMILES string of the molecule is CN[C@@H]1[C@@H](O)[C@H](O[C@@H]2[C@@H](O)[C@@H](O[C@H]3O[C@H]([C@@H](C)NC)CC[C@H]3N)[C@@H](N)C[C@H]2N)OC[C@]1(C)O. The van der Waals surface area contributed by atoms with Crippen LogP contribution in [0.2, 0.25) is 0 Å². The van der Waals surface area contributed by atoms with Gasteiger partial charge in [0.1, 0.15) is 30.0 Å². The summed E-state index contributed by atoms with van der Waals surface area (Å²) in [6, 6.07) is -2.11. The Morgan fingerprint density at radius 3 is 2.15 bits per heavy atom. The van der Waals surface area contributed by atoms with Crippen molar-refractivity contribution in [3.63, 3.8) is 0 Å². The number of aliphatic hydroxyl groups excluding tert-OH is 2. The van der Waals surface area contributed by atoms with E-state index in [1.54, 1.807) is 14.0 Å². The van der Waals surface area contributed by atoms with Crippen LogP contribution in [-0.4, -0.2) is 115 Å². The second-order valence-electron chi connectivity index (χ2n) is 9.91. The van der Waals surface area contributed by atoms with Gasteiger partial charge in [-0.3, -0.25) is 0 Å². The maximum atomic E-state index is 11.1. The fourth-order valence-corrected chi connectivity index (χ4v) is 5.04. The Balaban J connectivity index is 1.68. The molecule has 2 aliphatic heterocycles. The maximum absolute atomic E-state index is 11.1. The Labute approximate surface area is 195 Å². The molecule has 0 amide bonds. The topological polar surface area (TPSA) is 200 Å². The normalized spacial score (nSPS) is 50.2. The number of rotatable bonds is 7. The number of nitrogens with two attached hydrogens (primary N) is 3. The Morgan fingerprint density at radius 2 is 1.58 bits per heavy atom. The molecule has 0 radical (unpaired) electrons. The molecule has 2 saturated heterocycles. The minimum Gasteiger partial charge on any atom is -0.388 e. The van der Waals surface area contributed by atoms with Crippen LogP contribution in [0.1, 0.15) is 33.1 Å². The molecule has 2 heterocycles. The van der Waals surface area contributed by atoms with Gasteiger partial charge >= 0.3 is 0 Å². The van der Waals surface area contributed by atoms with Crippen molar-refractivity contribution in [3.8, 4) is 0 Å². The predicted molar refractivity (Wildman–Crippen MR) is 120 cm³/mol. The highest BCUT2D eigenvalue weighted by molar-refractivity contribution is 5.02. The van der Waals surface area contributed by atoms with Gasteiger partial charge in [-0.2, -0.15) is 0 Å². The van der Waals surface area contributed by atoms with Crippen LogP contribution in [0.3, 0.4) is 0 Å². The highest BCUT2D eigenvalue weighted by atomic mass is 16.7. The molecule has 0 unspecified atom stereocenters. The lowest BCUT2D eigenvalue weighted by Gasteiger charge is -2.48. The zero-order valence-electron chi connectivity index (χ0n) is 20.0. The molecule has 194 valence electrons. The van der Waals surface area contributed by atoms with E-state index in [0.717, 1.165) is 6.42 Å². The molecular formula is C21H43N5O7. The summed E-state index contributed by atoms with van der Waals surface area (Å²) in [5.41, 5.74) is 17.5.